The average Bonchev–Trinajstić information content (AvgIpc) is 2.30. The summed E-state index contributed by atoms with van der Waals surface area (Å²) in [6.45, 7) is 3.78. The third kappa shape index (κ3) is 3.49. The number of rotatable bonds is 3. The van der Waals surface area contributed by atoms with Gasteiger partial charge in [0.25, 0.3) is 0 Å². The van der Waals surface area contributed by atoms with E-state index in [1.165, 1.54) is 12.1 Å². The molecular weight excluding hydrogens is 282 g/mol. The normalized spacial score (nSPS) is 12.5. The summed E-state index contributed by atoms with van der Waals surface area (Å²) in [5.41, 5.74) is 3.92. The van der Waals surface area contributed by atoms with Crippen LogP contribution in [-0.4, -0.2) is 0 Å². The van der Waals surface area contributed by atoms with Crippen molar-refractivity contribution in [1.82, 2.24) is 0 Å². The number of hydrogen-bond donors (Lipinski definition) is 0. The molecule has 100 valence electrons. The van der Waals surface area contributed by atoms with Crippen LogP contribution in [0.2, 0.25) is 5.02 Å². The lowest BCUT2D eigenvalue weighted by Crippen LogP contribution is -2.02. The van der Waals surface area contributed by atoms with Crippen LogP contribution in [0.4, 0.5) is 4.39 Å². The maximum absolute atomic E-state index is 13.3. The number of alkyl halides is 1. The first-order chi connectivity index (χ1) is 8.97. The Balaban J connectivity index is 2.25. The first-order valence-corrected chi connectivity index (χ1v) is 6.94. The summed E-state index contributed by atoms with van der Waals surface area (Å²) < 4.78 is 13.3. The van der Waals surface area contributed by atoms with Gasteiger partial charge in [0.2, 0.25) is 0 Å². The molecule has 0 nitrogen and oxygen atoms in total. The van der Waals surface area contributed by atoms with E-state index in [9.17, 15) is 4.39 Å². The quantitative estimate of drug-likeness (QED) is 0.645. The van der Waals surface area contributed by atoms with Crippen LogP contribution in [-0.2, 0) is 6.42 Å². The Bertz CT molecular complexity index is 553. The highest BCUT2D eigenvalue weighted by Gasteiger charge is 2.15. The monoisotopic (exact) mass is 296 g/mol. The van der Waals surface area contributed by atoms with Crippen molar-refractivity contribution in [1.29, 1.82) is 0 Å². The fourth-order valence-electron chi connectivity index (χ4n) is 2.35. The molecule has 0 bridgehead atoms. The molecule has 2 aromatic rings. The van der Waals surface area contributed by atoms with Gasteiger partial charge in [0.1, 0.15) is 5.82 Å². The molecule has 0 saturated carbocycles. The lowest BCUT2D eigenvalue weighted by Gasteiger charge is -2.16. The SMILES string of the molecule is Cc1cc(F)cc(C)c1C(Cl)Cc1ccc(Cl)cc1. The van der Waals surface area contributed by atoms with Crippen LogP contribution in [0, 0.1) is 19.7 Å². The summed E-state index contributed by atoms with van der Waals surface area (Å²) in [5.74, 6) is -0.214. The second-order valence-corrected chi connectivity index (χ2v) is 5.71. The number of benzene rings is 2. The number of halogens is 3. The smallest absolute Gasteiger partial charge is 0.123 e. The average molecular weight is 297 g/mol. The molecule has 2 rings (SSSR count). The van der Waals surface area contributed by atoms with Crippen LogP contribution in [0.1, 0.15) is 27.6 Å². The molecule has 0 heterocycles. The van der Waals surface area contributed by atoms with Crippen LogP contribution < -0.4 is 0 Å². The van der Waals surface area contributed by atoms with Gasteiger partial charge in [0.15, 0.2) is 0 Å². The van der Waals surface area contributed by atoms with Crippen molar-refractivity contribution in [2.75, 3.05) is 0 Å². The van der Waals surface area contributed by atoms with Gasteiger partial charge in [-0.25, -0.2) is 4.39 Å². The fraction of sp³-hybridized carbons (Fsp3) is 0.250. The Kier molecular flexibility index (Phi) is 4.49. The van der Waals surface area contributed by atoms with Crippen LogP contribution in [0.5, 0.6) is 0 Å². The van der Waals surface area contributed by atoms with Crippen molar-refractivity contribution < 1.29 is 4.39 Å². The molecular formula is C16H15Cl2F. The van der Waals surface area contributed by atoms with E-state index in [1.807, 2.05) is 38.1 Å². The predicted molar refractivity (Wildman–Crippen MR) is 79.6 cm³/mol. The molecule has 0 radical (unpaired) electrons. The van der Waals surface area contributed by atoms with Crippen molar-refractivity contribution in [3.8, 4) is 0 Å². The summed E-state index contributed by atoms with van der Waals surface area (Å²) >= 11 is 12.3. The zero-order valence-corrected chi connectivity index (χ0v) is 12.4. The van der Waals surface area contributed by atoms with E-state index in [1.54, 1.807) is 0 Å². The van der Waals surface area contributed by atoms with Crippen molar-refractivity contribution in [3.63, 3.8) is 0 Å². The van der Waals surface area contributed by atoms with E-state index in [2.05, 4.69) is 0 Å². The van der Waals surface area contributed by atoms with Gasteiger partial charge in [-0.1, -0.05) is 23.7 Å². The van der Waals surface area contributed by atoms with Crippen LogP contribution >= 0.6 is 23.2 Å². The maximum Gasteiger partial charge on any atom is 0.123 e. The minimum Gasteiger partial charge on any atom is -0.207 e. The van der Waals surface area contributed by atoms with Gasteiger partial charge < -0.3 is 0 Å². The molecule has 0 aliphatic carbocycles. The van der Waals surface area contributed by atoms with E-state index in [0.29, 0.717) is 11.4 Å². The summed E-state index contributed by atoms with van der Waals surface area (Å²) in [6, 6.07) is 10.7. The van der Waals surface area contributed by atoms with Gasteiger partial charge in [-0.3, -0.25) is 0 Å². The highest BCUT2D eigenvalue weighted by atomic mass is 35.5. The van der Waals surface area contributed by atoms with Gasteiger partial charge in [-0.05, 0) is 66.8 Å². The first-order valence-electron chi connectivity index (χ1n) is 6.12. The molecule has 0 amide bonds. The Labute approximate surface area is 123 Å². The zero-order valence-electron chi connectivity index (χ0n) is 10.9. The van der Waals surface area contributed by atoms with E-state index in [-0.39, 0.29) is 11.2 Å². The molecule has 0 aromatic heterocycles. The standard InChI is InChI=1S/C16H15Cl2F/c1-10-7-14(19)8-11(2)16(10)15(18)9-12-3-5-13(17)6-4-12/h3-8,15H,9H2,1-2H3. The second-order valence-electron chi connectivity index (χ2n) is 4.75. The molecule has 2 aromatic carbocycles. The molecule has 0 spiro atoms. The molecule has 1 atom stereocenters. The van der Waals surface area contributed by atoms with Gasteiger partial charge in [0.05, 0.1) is 5.38 Å². The largest absolute Gasteiger partial charge is 0.207 e. The third-order valence-electron chi connectivity index (χ3n) is 3.20. The summed E-state index contributed by atoms with van der Waals surface area (Å²) in [4.78, 5) is 0. The van der Waals surface area contributed by atoms with Gasteiger partial charge in [0, 0.05) is 5.02 Å². The van der Waals surface area contributed by atoms with E-state index in [4.69, 9.17) is 23.2 Å². The lowest BCUT2D eigenvalue weighted by atomic mass is 9.96. The van der Waals surface area contributed by atoms with Gasteiger partial charge in [-0.2, -0.15) is 0 Å². The van der Waals surface area contributed by atoms with Gasteiger partial charge >= 0.3 is 0 Å². The Hall–Kier alpha value is -1.05. The highest BCUT2D eigenvalue weighted by molar-refractivity contribution is 6.30. The molecule has 0 aliphatic rings. The van der Waals surface area contributed by atoms with Crippen LogP contribution in [0.3, 0.4) is 0 Å². The molecule has 1 unspecified atom stereocenters. The van der Waals surface area contributed by atoms with E-state index < -0.39 is 0 Å². The highest BCUT2D eigenvalue weighted by Crippen LogP contribution is 2.31. The minimum absolute atomic E-state index is 0.165. The lowest BCUT2D eigenvalue weighted by molar-refractivity contribution is 0.623. The topological polar surface area (TPSA) is 0 Å². The van der Waals surface area contributed by atoms with Crippen LogP contribution in [0.15, 0.2) is 36.4 Å². The summed E-state index contributed by atoms with van der Waals surface area (Å²) in [6.07, 6.45) is 0.700. The van der Waals surface area contributed by atoms with Crippen LogP contribution in [0.25, 0.3) is 0 Å². The Morgan fingerprint density at radius 2 is 1.58 bits per heavy atom. The molecule has 19 heavy (non-hydrogen) atoms. The minimum atomic E-state index is -0.214. The maximum atomic E-state index is 13.3. The molecule has 0 N–H and O–H groups in total. The van der Waals surface area contributed by atoms with Crippen molar-refractivity contribution in [2.24, 2.45) is 0 Å². The Morgan fingerprint density at radius 1 is 1.05 bits per heavy atom. The van der Waals surface area contributed by atoms with Gasteiger partial charge in [-0.15, -0.1) is 11.6 Å². The number of aryl methyl sites for hydroxylation is 2. The number of hydrogen-bond acceptors (Lipinski definition) is 0. The zero-order chi connectivity index (χ0) is 14.0. The molecule has 0 saturated heterocycles. The molecule has 0 fully saturated rings. The summed E-state index contributed by atoms with van der Waals surface area (Å²) in [5, 5.41) is 0.547. The van der Waals surface area contributed by atoms with Crippen molar-refractivity contribution in [3.05, 3.63) is 69.5 Å². The second kappa shape index (κ2) is 5.94. The Morgan fingerprint density at radius 3 is 2.11 bits per heavy atom. The van der Waals surface area contributed by atoms with Crippen molar-refractivity contribution in [2.45, 2.75) is 25.6 Å². The van der Waals surface area contributed by atoms with Crippen molar-refractivity contribution >= 4 is 23.2 Å². The predicted octanol–water partition coefficient (Wildman–Crippen LogP) is 5.62. The first kappa shape index (κ1) is 14.4. The summed E-state index contributed by atoms with van der Waals surface area (Å²) in [7, 11) is 0. The van der Waals surface area contributed by atoms with E-state index in [0.717, 1.165) is 22.3 Å². The molecule has 0 aliphatic heterocycles. The molecule has 3 heteroatoms. The fourth-order valence-corrected chi connectivity index (χ4v) is 2.99. The van der Waals surface area contributed by atoms with E-state index >= 15 is 0 Å². The third-order valence-corrected chi connectivity index (χ3v) is 3.82.